The Morgan fingerprint density at radius 1 is 0.500 bits per heavy atom. The third-order valence-corrected chi connectivity index (χ3v) is 12.5. The summed E-state index contributed by atoms with van der Waals surface area (Å²) in [5.41, 5.74) is 6.33. The maximum Gasteiger partial charge on any atom is 3.00 e. The summed E-state index contributed by atoms with van der Waals surface area (Å²) in [4.78, 5) is 19.9. The zero-order chi connectivity index (χ0) is 44.8. The van der Waals surface area contributed by atoms with Crippen LogP contribution in [0.5, 0.6) is 0 Å². The van der Waals surface area contributed by atoms with E-state index in [0.717, 1.165) is 44.6 Å². The molecule has 322 valence electrons. The topological polar surface area (TPSA) is 51.6 Å². The summed E-state index contributed by atoms with van der Waals surface area (Å²) in [6.07, 6.45) is -1.33. The molecule has 4 nitrogen and oxygen atoms in total. The van der Waals surface area contributed by atoms with Gasteiger partial charge < -0.3 is 0 Å². The van der Waals surface area contributed by atoms with Gasteiger partial charge in [-0.1, -0.05) is 104 Å². The van der Waals surface area contributed by atoms with Gasteiger partial charge in [-0.05, 0) is 76.7 Å². The van der Waals surface area contributed by atoms with Gasteiger partial charge in [0, 0.05) is 17.8 Å². The van der Waals surface area contributed by atoms with Crippen molar-refractivity contribution in [3.63, 3.8) is 0 Å². The number of aryl methyl sites for hydroxylation is 1. The second-order valence-electron chi connectivity index (χ2n) is 16.6. The van der Waals surface area contributed by atoms with Crippen LogP contribution in [0.2, 0.25) is 0 Å². The minimum absolute atomic E-state index is 0. The summed E-state index contributed by atoms with van der Waals surface area (Å²) in [5.74, 6) is 0.144. The molecule has 0 spiro atoms. The Labute approximate surface area is 395 Å². The molecule has 10 aromatic rings. The third-order valence-electron chi connectivity index (χ3n) is 12.5. The van der Waals surface area contributed by atoms with E-state index in [9.17, 15) is 0 Å². The SMILES string of the molecule is Cc1cc(-c2nc(C(C)(c3[c-]cccc3)c3ccccn3)nc3c(C(F)(F)F)c4ccccc4cc23)[c-]c(C(C)(c2[c-]ccc(-c3ccc(-c4ccccc4)cc3)c2)c2ccccn2)c1.[Ir+3]. The second kappa shape index (κ2) is 17.7. The molecule has 0 amide bonds. The molecule has 0 aliphatic carbocycles. The number of rotatable bonds is 9. The Hall–Kier alpha value is -7.12. The van der Waals surface area contributed by atoms with E-state index in [1.54, 1.807) is 48.8 Å². The molecule has 10 rings (SSSR count). The first-order valence-corrected chi connectivity index (χ1v) is 21.4. The van der Waals surface area contributed by atoms with Gasteiger partial charge in [0.05, 0.1) is 27.9 Å². The van der Waals surface area contributed by atoms with E-state index in [1.807, 2.05) is 98.8 Å². The number of halogens is 3. The monoisotopic (exact) mass is 1040 g/mol. The Morgan fingerprint density at radius 3 is 1.79 bits per heavy atom. The number of nitrogens with zero attached hydrogens (tertiary/aromatic N) is 4. The zero-order valence-corrected chi connectivity index (χ0v) is 38.5. The molecule has 0 saturated carbocycles. The summed E-state index contributed by atoms with van der Waals surface area (Å²) in [7, 11) is 0. The fourth-order valence-electron chi connectivity index (χ4n) is 8.99. The molecule has 2 unspecified atom stereocenters. The first-order valence-electron chi connectivity index (χ1n) is 21.4. The standard InChI is InChI=1S/C58H40F3N4.Ir/c1-38-33-44(36-47(34-38)56(2,50-25-12-14-31-62-50)46-23-16-20-42(35-46)41-29-27-40(28-30-41)39-17-6-4-7-18-39)53-49-37-43-19-10-11-24-48(43)52(58(59,60)61)54(49)65-55(64-53)57(3,45-21-8-5-9-22-45)51-26-13-15-32-63-51;/h4-21,24-35,37H,1-3H3;/q-3;+3. The van der Waals surface area contributed by atoms with Crippen molar-refractivity contribution in [1.82, 2.24) is 19.9 Å². The van der Waals surface area contributed by atoms with Gasteiger partial charge in [-0.3, -0.25) is 15.0 Å². The van der Waals surface area contributed by atoms with Crippen LogP contribution in [0.3, 0.4) is 0 Å². The number of pyridine rings is 2. The van der Waals surface area contributed by atoms with Crippen molar-refractivity contribution < 1.29 is 33.3 Å². The maximum absolute atomic E-state index is 15.7. The molecule has 0 radical (unpaired) electrons. The van der Waals surface area contributed by atoms with E-state index in [0.29, 0.717) is 27.9 Å². The van der Waals surface area contributed by atoms with Crippen LogP contribution in [0.25, 0.3) is 55.2 Å². The van der Waals surface area contributed by atoms with Crippen molar-refractivity contribution >= 4 is 21.7 Å². The van der Waals surface area contributed by atoms with Gasteiger partial charge in [0.2, 0.25) is 0 Å². The van der Waals surface area contributed by atoms with Crippen molar-refractivity contribution in [3.8, 4) is 33.5 Å². The Bertz CT molecular complexity index is 3290. The maximum atomic E-state index is 15.7. The Balaban J connectivity index is 0.00000548. The molecule has 8 heteroatoms. The van der Waals surface area contributed by atoms with E-state index < -0.39 is 22.6 Å². The number of hydrogen-bond acceptors (Lipinski definition) is 4. The summed E-state index contributed by atoms with van der Waals surface area (Å²) in [6, 6.07) is 66.5. The van der Waals surface area contributed by atoms with Crippen molar-refractivity contribution in [2.75, 3.05) is 0 Å². The van der Waals surface area contributed by atoms with Gasteiger partial charge in [0.1, 0.15) is 5.82 Å². The molecule has 66 heavy (non-hydrogen) atoms. The number of benzene rings is 7. The number of hydrogen-bond donors (Lipinski definition) is 0. The molecular weight excluding hydrogens is 1000 g/mol. The average molecular weight is 1040 g/mol. The molecular formula is C58H40F3IrN4. The fraction of sp³-hybridized carbons (Fsp3) is 0.103. The molecule has 0 saturated heterocycles. The smallest absolute Gasteiger partial charge is 0.281 e. The number of fused-ring (bicyclic) bond motifs is 2. The van der Waals surface area contributed by atoms with Gasteiger partial charge in [-0.2, -0.15) is 67.8 Å². The summed E-state index contributed by atoms with van der Waals surface area (Å²) >= 11 is 0. The minimum atomic E-state index is -4.76. The van der Waals surface area contributed by atoms with Crippen LogP contribution in [-0.2, 0) is 37.1 Å². The Kier molecular flexibility index (Phi) is 11.8. The van der Waals surface area contributed by atoms with Crippen molar-refractivity contribution in [2.45, 2.75) is 37.8 Å². The predicted molar refractivity (Wildman–Crippen MR) is 252 cm³/mol. The first kappa shape index (κ1) is 44.1. The summed E-state index contributed by atoms with van der Waals surface area (Å²) < 4.78 is 47.0. The van der Waals surface area contributed by atoms with Crippen LogP contribution in [0.15, 0.2) is 188 Å². The van der Waals surface area contributed by atoms with E-state index >= 15 is 13.2 Å². The van der Waals surface area contributed by atoms with Crippen LogP contribution in [0, 0.1) is 25.1 Å². The molecule has 0 aliphatic rings. The van der Waals surface area contributed by atoms with Crippen LogP contribution >= 0.6 is 0 Å². The quantitative estimate of drug-likeness (QED) is 0.107. The molecule has 2 atom stereocenters. The van der Waals surface area contributed by atoms with Crippen molar-refractivity contribution in [2.24, 2.45) is 0 Å². The molecule has 3 heterocycles. The van der Waals surface area contributed by atoms with Crippen LogP contribution < -0.4 is 0 Å². The van der Waals surface area contributed by atoms with Gasteiger partial charge in [0.25, 0.3) is 0 Å². The van der Waals surface area contributed by atoms with Crippen LogP contribution in [0.1, 0.15) is 58.9 Å². The minimum Gasteiger partial charge on any atom is -0.281 e. The van der Waals surface area contributed by atoms with Gasteiger partial charge >= 0.3 is 26.3 Å². The van der Waals surface area contributed by atoms with E-state index in [1.165, 1.54) is 6.07 Å². The molecule has 0 aliphatic heterocycles. The Morgan fingerprint density at radius 2 is 1.12 bits per heavy atom. The molecule has 7 aromatic carbocycles. The van der Waals surface area contributed by atoms with Crippen LogP contribution in [0.4, 0.5) is 13.2 Å². The van der Waals surface area contributed by atoms with Gasteiger partial charge in [-0.15, -0.1) is 51.6 Å². The molecule has 0 N–H and O–H groups in total. The fourth-order valence-corrected chi connectivity index (χ4v) is 8.99. The number of alkyl halides is 3. The van der Waals surface area contributed by atoms with E-state index in [4.69, 9.17) is 19.9 Å². The van der Waals surface area contributed by atoms with Gasteiger partial charge in [-0.25, -0.2) is 4.98 Å². The van der Waals surface area contributed by atoms with Crippen molar-refractivity contribution in [1.29, 1.82) is 0 Å². The summed E-state index contributed by atoms with van der Waals surface area (Å²) in [5, 5.41) is 0.721. The predicted octanol–water partition coefficient (Wildman–Crippen LogP) is 14.0. The zero-order valence-electron chi connectivity index (χ0n) is 36.2. The first-order chi connectivity index (χ1) is 31.5. The van der Waals surface area contributed by atoms with E-state index in [-0.39, 0.29) is 42.2 Å². The van der Waals surface area contributed by atoms with Gasteiger partial charge in [0.15, 0.2) is 0 Å². The second-order valence-corrected chi connectivity index (χ2v) is 16.6. The average Bonchev–Trinajstić information content (AvgIpc) is 3.35. The molecule has 3 aromatic heterocycles. The van der Waals surface area contributed by atoms with Crippen LogP contribution in [-0.4, -0.2) is 19.9 Å². The normalized spacial score (nSPS) is 13.4. The molecule has 0 bridgehead atoms. The van der Waals surface area contributed by atoms with E-state index in [2.05, 4.69) is 73.7 Å². The third kappa shape index (κ3) is 7.91. The van der Waals surface area contributed by atoms with Crippen molar-refractivity contribution in [3.05, 3.63) is 252 Å². The summed E-state index contributed by atoms with van der Waals surface area (Å²) in [6.45, 7) is 5.97. The number of aromatic nitrogens is 4. The molecule has 0 fully saturated rings. The largest absolute Gasteiger partial charge is 3.00 e.